The van der Waals surface area contributed by atoms with Crippen LogP contribution in [0.25, 0.3) is 0 Å². The van der Waals surface area contributed by atoms with Gasteiger partial charge in [-0.05, 0) is 36.6 Å². The molecule has 0 aliphatic heterocycles. The fourth-order valence-corrected chi connectivity index (χ4v) is 2.36. The Morgan fingerprint density at radius 2 is 2.10 bits per heavy atom. The predicted molar refractivity (Wildman–Crippen MR) is 68.3 cm³/mol. The Morgan fingerprint density at radius 3 is 2.70 bits per heavy atom. The third-order valence-electron chi connectivity index (χ3n) is 3.69. The van der Waals surface area contributed by atoms with Gasteiger partial charge < -0.3 is 9.73 Å². The molecule has 1 aromatic carbocycles. The van der Waals surface area contributed by atoms with E-state index < -0.39 is 17.0 Å². The molecule has 1 aromatic heterocycles. The molecule has 1 heterocycles. The summed E-state index contributed by atoms with van der Waals surface area (Å²) in [6, 6.07) is 6.77. The maximum absolute atomic E-state index is 13.8. The summed E-state index contributed by atoms with van der Waals surface area (Å²) < 4.78 is 31.7. The Balaban J connectivity index is 1.72. The van der Waals surface area contributed by atoms with Crippen LogP contribution in [-0.4, -0.2) is 12.5 Å². The van der Waals surface area contributed by atoms with Crippen molar-refractivity contribution >= 4 is 5.91 Å². The van der Waals surface area contributed by atoms with E-state index in [4.69, 9.17) is 4.42 Å². The molecule has 0 radical (unpaired) electrons. The van der Waals surface area contributed by atoms with Gasteiger partial charge in [-0.15, -0.1) is 0 Å². The maximum Gasteiger partial charge on any atom is 0.287 e. The first kappa shape index (κ1) is 12.8. The highest BCUT2D eigenvalue weighted by molar-refractivity contribution is 5.91. The number of carbonyl (C=O) groups is 1. The number of amides is 1. The van der Waals surface area contributed by atoms with Gasteiger partial charge in [0.05, 0.1) is 6.26 Å². The van der Waals surface area contributed by atoms with E-state index in [1.54, 1.807) is 12.1 Å². The summed E-state index contributed by atoms with van der Waals surface area (Å²) >= 11 is 0. The Bertz CT molecular complexity index is 633. The average Bonchev–Trinajstić information content (AvgIpc) is 2.99. The summed E-state index contributed by atoms with van der Waals surface area (Å²) in [6.07, 6.45) is 2.96. The molecule has 1 amide bonds. The predicted octanol–water partition coefficient (Wildman–Crippen LogP) is 3.02. The Labute approximate surface area is 114 Å². The normalized spacial score (nSPS) is 15.9. The lowest BCUT2D eigenvalue weighted by atomic mass is 9.95. The van der Waals surface area contributed by atoms with E-state index in [1.807, 2.05) is 0 Å². The molecule has 1 N–H and O–H groups in total. The van der Waals surface area contributed by atoms with Crippen LogP contribution in [0.1, 0.15) is 29.0 Å². The van der Waals surface area contributed by atoms with Crippen molar-refractivity contribution in [2.75, 3.05) is 6.54 Å². The molecule has 3 rings (SSSR count). The molecule has 0 unspecified atom stereocenters. The highest BCUT2D eigenvalue weighted by Gasteiger charge is 2.46. The van der Waals surface area contributed by atoms with E-state index in [9.17, 15) is 13.6 Å². The van der Waals surface area contributed by atoms with Crippen LogP contribution < -0.4 is 5.32 Å². The molecular weight excluding hydrogens is 264 g/mol. The van der Waals surface area contributed by atoms with Gasteiger partial charge in [-0.2, -0.15) is 0 Å². The van der Waals surface area contributed by atoms with Crippen molar-refractivity contribution in [3.63, 3.8) is 0 Å². The first-order valence-electron chi connectivity index (χ1n) is 6.38. The fraction of sp³-hybridized carbons (Fsp3) is 0.267. The topological polar surface area (TPSA) is 42.2 Å². The number of benzene rings is 1. The van der Waals surface area contributed by atoms with Crippen molar-refractivity contribution < 1.29 is 18.0 Å². The van der Waals surface area contributed by atoms with Crippen molar-refractivity contribution in [3.8, 4) is 0 Å². The van der Waals surface area contributed by atoms with Gasteiger partial charge in [0, 0.05) is 18.0 Å². The minimum absolute atomic E-state index is 0.223. The fourth-order valence-electron chi connectivity index (χ4n) is 2.36. The molecule has 2 aromatic rings. The molecule has 1 saturated carbocycles. The zero-order valence-corrected chi connectivity index (χ0v) is 10.7. The summed E-state index contributed by atoms with van der Waals surface area (Å²) in [5.74, 6) is -1.26. The van der Waals surface area contributed by atoms with Gasteiger partial charge in [0.15, 0.2) is 5.76 Å². The molecule has 104 valence electrons. The quantitative estimate of drug-likeness (QED) is 0.933. The van der Waals surface area contributed by atoms with Gasteiger partial charge >= 0.3 is 0 Å². The third-order valence-corrected chi connectivity index (χ3v) is 3.69. The standard InChI is InChI=1S/C15H13F2NO2/c16-10-3-4-11(12(17)8-10)15(5-6-15)9-18-14(19)13-2-1-7-20-13/h1-4,7-8H,5-6,9H2,(H,18,19). The highest BCUT2D eigenvalue weighted by atomic mass is 19.1. The third kappa shape index (κ3) is 2.31. The largest absolute Gasteiger partial charge is 0.459 e. The second-order valence-corrected chi connectivity index (χ2v) is 5.06. The maximum atomic E-state index is 13.8. The van der Waals surface area contributed by atoms with Crippen molar-refractivity contribution in [2.45, 2.75) is 18.3 Å². The minimum Gasteiger partial charge on any atom is -0.459 e. The number of halogens is 2. The van der Waals surface area contributed by atoms with Gasteiger partial charge in [-0.3, -0.25) is 4.79 Å². The molecule has 20 heavy (non-hydrogen) atoms. The van der Waals surface area contributed by atoms with Gasteiger partial charge in [0.25, 0.3) is 5.91 Å². The first-order chi connectivity index (χ1) is 9.61. The van der Waals surface area contributed by atoms with E-state index in [1.165, 1.54) is 18.4 Å². The number of furan rings is 1. The van der Waals surface area contributed by atoms with Crippen LogP contribution >= 0.6 is 0 Å². The minimum atomic E-state index is -0.596. The molecule has 1 aliphatic carbocycles. The van der Waals surface area contributed by atoms with Crippen molar-refractivity contribution in [3.05, 3.63) is 59.6 Å². The van der Waals surface area contributed by atoms with Gasteiger partial charge in [0.2, 0.25) is 0 Å². The monoisotopic (exact) mass is 277 g/mol. The molecule has 0 bridgehead atoms. The Morgan fingerprint density at radius 1 is 1.30 bits per heavy atom. The lowest BCUT2D eigenvalue weighted by Gasteiger charge is -2.17. The van der Waals surface area contributed by atoms with Crippen molar-refractivity contribution in [1.29, 1.82) is 0 Å². The van der Waals surface area contributed by atoms with Gasteiger partial charge in [-0.25, -0.2) is 8.78 Å². The second-order valence-electron chi connectivity index (χ2n) is 5.06. The molecule has 1 fully saturated rings. The SMILES string of the molecule is O=C(NCC1(c2ccc(F)cc2F)CC1)c1ccco1. The molecule has 0 saturated heterocycles. The van der Waals surface area contributed by atoms with Crippen LogP contribution in [0.5, 0.6) is 0 Å². The molecule has 3 nitrogen and oxygen atoms in total. The van der Waals surface area contributed by atoms with E-state index in [0.717, 1.165) is 18.9 Å². The van der Waals surface area contributed by atoms with Crippen LogP contribution in [0.3, 0.4) is 0 Å². The molecular formula is C15H13F2NO2. The Kier molecular flexibility index (Phi) is 3.04. The molecule has 5 heteroatoms. The average molecular weight is 277 g/mol. The summed E-state index contributed by atoms with van der Waals surface area (Å²) in [4.78, 5) is 11.8. The number of hydrogen-bond acceptors (Lipinski definition) is 2. The van der Waals surface area contributed by atoms with Crippen LogP contribution in [0.4, 0.5) is 8.78 Å². The van der Waals surface area contributed by atoms with E-state index in [2.05, 4.69) is 5.32 Å². The summed E-state index contributed by atoms with van der Waals surface area (Å²) in [7, 11) is 0. The van der Waals surface area contributed by atoms with E-state index >= 15 is 0 Å². The van der Waals surface area contributed by atoms with Crippen LogP contribution in [0, 0.1) is 11.6 Å². The number of nitrogens with one attached hydrogen (secondary N) is 1. The summed E-state index contributed by atoms with van der Waals surface area (Å²) in [6.45, 7) is 0.315. The lowest BCUT2D eigenvalue weighted by Crippen LogP contribution is -2.32. The smallest absolute Gasteiger partial charge is 0.287 e. The Hall–Kier alpha value is -2.17. The van der Waals surface area contributed by atoms with Crippen LogP contribution in [0.15, 0.2) is 41.0 Å². The first-order valence-corrected chi connectivity index (χ1v) is 6.38. The van der Waals surface area contributed by atoms with Gasteiger partial charge in [0.1, 0.15) is 11.6 Å². The number of rotatable bonds is 4. The number of hydrogen-bond donors (Lipinski definition) is 1. The summed E-state index contributed by atoms with van der Waals surface area (Å²) in [5.41, 5.74) is 0.0404. The molecule has 1 aliphatic rings. The number of carbonyl (C=O) groups excluding carboxylic acids is 1. The molecule has 0 spiro atoms. The van der Waals surface area contributed by atoms with Crippen molar-refractivity contribution in [1.82, 2.24) is 5.32 Å². The highest BCUT2D eigenvalue weighted by Crippen LogP contribution is 2.48. The van der Waals surface area contributed by atoms with Crippen LogP contribution in [-0.2, 0) is 5.41 Å². The van der Waals surface area contributed by atoms with Gasteiger partial charge in [-0.1, -0.05) is 6.07 Å². The summed E-state index contributed by atoms with van der Waals surface area (Å²) in [5, 5.41) is 2.74. The van der Waals surface area contributed by atoms with Crippen molar-refractivity contribution in [2.24, 2.45) is 0 Å². The lowest BCUT2D eigenvalue weighted by molar-refractivity contribution is 0.0921. The molecule has 0 atom stereocenters. The zero-order chi connectivity index (χ0) is 14.2. The second kappa shape index (κ2) is 4.74. The van der Waals surface area contributed by atoms with E-state index in [0.29, 0.717) is 12.1 Å². The zero-order valence-electron chi connectivity index (χ0n) is 10.7. The van der Waals surface area contributed by atoms with Crippen LogP contribution in [0.2, 0.25) is 0 Å². The van der Waals surface area contributed by atoms with E-state index in [-0.39, 0.29) is 11.7 Å².